The highest BCUT2D eigenvalue weighted by atomic mass is 32.2. The van der Waals surface area contributed by atoms with Gasteiger partial charge in [0.25, 0.3) is 0 Å². The number of nitrogens with one attached hydrogen (secondary N) is 1. The van der Waals surface area contributed by atoms with Gasteiger partial charge in [0.2, 0.25) is 0 Å². The first-order valence-electron chi connectivity index (χ1n) is 3.89. The quantitative estimate of drug-likeness (QED) is 0.760. The molecule has 1 unspecified atom stereocenters. The molecule has 0 radical (unpaired) electrons. The second-order valence-corrected chi connectivity index (χ2v) is 5.09. The average Bonchev–Trinajstić information content (AvgIpc) is 2.60. The molecule has 1 aromatic rings. The van der Waals surface area contributed by atoms with Crippen molar-refractivity contribution in [3.8, 4) is 0 Å². The third kappa shape index (κ3) is 1.98. The molecule has 11 heavy (non-hydrogen) atoms. The molecule has 1 atom stereocenters. The molecule has 0 aliphatic carbocycles. The van der Waals surface area contributed by atoms with Crippen LogP contribution in [0.15, 0.2) is 21.7 Å². The third-order valence-electron chi connectivity index (χ3n) is 1.77. The van der Waals surface area contributed by atoms with Gasteiger partial charge in [0.05, 0.1) is 9.58 Å². The summed E-state index contributed by atoms with van der Waals surface area (Å²) in [6.07, 6.45) is 2.66. The normalized spacial score (nSPS) is 24.2. The summed E-state index contributed by atoms with van der Waals surface area (Å²) in [4.78, 5) is 0. The lowest BCUT2D eigenvalue weighted by Gasteiger charge is -2.06. The van der Waals surface area contributed by atoms with Crippen LogP contribution < -0.4 is 5.32 Å². The maximum atomic E-state index is 3.46. The monoisotopic (exact) mass is 185 g/mol. The van der Waals surface area contributed by atoms with Gasteiger partial charge in [0.1, 0.15) is 0 Å². The molecule has 1 N–H and O–H groups in total. The summed E-state index contributed by atoms with van der Waals surface area (Å²) < 4.78 is 1.43. The Hall–Kier alpha value is 0.01000. The van der Waals surface area contributed by atoms with Crippen molar-refractivity contribution in [3.63, 3.8) is 0 Å². The van der Waals surface area contributed by atoms with E-state index in [1.165, 1.54) is 23.6 Å². The summed E-state index contributed by atoms with van der Waals surface area (Å²) in [7, 11) is 0. The second-order valence-electron chi connectivity index (χ2n) is 2.63. The van der Waals surface area contributed by atoms with E-state index in [2.05, 4.69) is 22.8 Å². The van der Waals surface area contributed by atoms with Crippen LogP contribution in [0.4, 0.5) is 0 Å². The zero-order valence-electron chi connectivity index (χ0n) is 6.25. The Morgan fingerprint density at radius 3 is 3.27 bits per heavy atom. The Labute approximate surface area is 75.2 Å². The largest absolute Gasteiger partial charge is 0.305 e. The van der Waals surface area contributed by atoms with Crippen LogP contribution in [0.25, 0.3) is 0 Å². The molecule has 0 aromatic carbocycles. The number of thioether (sulfide) groups is 1. The summed E-state index contributed by atoms with van der Waals surface area (Å²) >= 11 is 3.80. The Kier molecular flexibility index (Phi) is 2.51. The fourth-order valence-electron chi connectivity index (χ4n) is 1.22. The number of thiophene rings is 1. The summed E-state index contributed by atoms with van der Waals surface area (Å²) in [6.45, 7) is 1.20. The maximum Gasteiger partial charge on any atom is 0.0613 e. The van der Waals surface area contributed by atoms with Crippen molar-refractivity contribution in [1.82, 2.24) is 5.32 Å². The predicted octanol–water partition coefficient (Wildman–Crippen LogP) is 2.55. The van der Waals surface area contributed by atoms with Crippen LogP contribution in [-0.2, 0) is 0 Å². The highest BCUT2D eigenvalue weighted by Gasteiger charge is 2.14. The smallest absolute Gasteiger partial charge is 0.0613 e. The molecule has 3 heteroatoms. The van der Waals surface area contributed by atoms with E-state index < -0.39 is 0 Å². The molecule has 1 nitrogen and oxygen atoms in total. The molecule has 1 saturated heterocycles. The van der Waals surface area contributed by atoms with Crippen molar-refractivity contribution >= 4 is 23.1 Å². The van der Waals surface area contributed by atoms with Gasteiger partial charge >= 0.3 is 0 Å². The molecule has 2 rings (SSSR count). The zero-order valence-corrected chi connectivity index (χ0v) is 7.88. The highest BCUT2D eigenvalue weighted by Crippen LogP contribution is 2.30. The topological polar surface area (TPSA) is 12.0 Å². The molecule has 1 aliphatic rings. The molecular weight excluding hydrogens is 174 g/mol. The minimum absolute atomic E-state index is 0.675. The lowest BCUT2D eigenvalue weighted by molar-refractivity contribution is 0.807. The van der Waals surface area contributed by atoms with Gasteiger partial charge in [-0.3, -0.25) is 0 Å². The lowest BCUT2D eigenvalue weighted by atomic mass is 10.4. The molecule has 0 spiro atoms. The van der Waals surface area contributed by atoms with E-state index in [1.54, 1.807) is 0 Å². The van der Waals surface area contributed by atoms with Crippen LogP contribution in [0.5, 0.6) is 0 Å². The van der Waals surface area contributed by atoms with Crippen LogP contribution in [0.1, 0.15) is 12.8 Å². The molecule has 0 amide bonds. The van der Waals surface area contributed by atoms with Crippen LogP contribution >= 0.6 is 23.1 Å². The zero-order chi connectivity index (χ0) is 7.52. The van der Waals surface area contributed by atoms with Crippen molar-refractivity contribution < 1.29 is 0 Å². The molecular formula is C8H11NS2. The van der Waals surface area contributed by atoms with E-state index in [0.717, 1.165) is 0 Å². The summed E-state index contributed by atoms with van der Waals surface area (Å²) in [5, 5.41) is 6.28. The molecule has 0 bridgehead atoms. The third-order valence-corrected chi connectivity index (χ3v) is 4.06. The molecule has 1 aromatic heterocycles. The van der Waals surface area contributed by atoms with Crippen molar-refractivity contribution in [2.75, 3.05) is 6.54 Å². The Morgan fingerprint density at radius 2 is 2.64 bits per heavy atom. The predicted molar refractivity (Wildman–Crippen MR) is 51.2 cm³/mol. The minimum atomic E-state index is 0.675. The summed E-state index contributed by atoms with van der Waals surface area (Å²) in [6, 6.07) is 4.30. The second kappa shape index (κ2) is 3.61. The maximum absolute atomic E-state index is 3.46. The van der Waals surface area contributed by atoms with E-state index in [0.29, 0.717) is 5.37 Å². The molecule has 60 valence electrons. The molecule has 0 saturated carbocycles. The van der Waals surface area contributed by atoms with Gasteiger partial charge in [0.15, 0.2) is 0 Å². The molecule has 2 heterocycles. The van der Waals surface area contributed by atoms with E-state index in [1.807, 2.05) is 23.1 Å². The Balaban J connectivity index is 1.90. The van der Waals surface area contributed by atoms with Crippen molar-refractivity contribution in [3.05, 3.63) is 17.5 Å². The Bertz CT molecular complexity index is 202. The summed E-state index contributed by atoms with van der Waals surface area (Å²) in [5.41, 5.74) is 0. The van der Waals surface area contributed by atoms with E-state index >= 15 is 0 Å². The van der Waals surface area contributed by atoms with Gasteiger partial charge in [-0.1, -0.05) is 17.8 Å². The van der Waals surface area contributed by atoms with Crippen LogP contribution in [0, 0.1) is 0 Å². The van der Waals surface area contributed by atoms with E-state index in [-0.39, 0.29) is 0 Å². The molecule has 1 fully saturated rings. The SMILES string of the molecule is c1csc(SC2CCCN2)c1. The van der Waals surface area contributed by atoms with Crippen LogP contribution in [-0.4, -0.2) is 11.9 Å². The van der Waals surface area contributed by atoms with Gasteiger partial charge in [-0.05, 0) is 30.8 Å². The van der Waals surface area contributed by atoms with Gasteiger partial charge in [-0.25, -0.2) is 0 Å². The van der Waals surface area contributed by atoms with Crippen molar-refractivity contribution in [2.45, 2.75) is 22.4 Å². The van der Waals surface area contributed by atoms with Gasteiger partial charge in [-0.2, -0.15) is 0 Å². The van der Waals surface area contributed by atoms with Crippen molar-refractivity contribution in [1.29, 1.82) is 0 Å². The fraction of sp³-hybridized carbons (Fsp3) is 0.500. The first kappa shape index (κ1) is 7.65. The standard InChI is InChI=1S/C8H11NS2/c1-3-7(9-5-1)11-8-4-2-6-10-8/h2,4,6-7,9H,1,3,5H2. The van der Waals surface area contributed by atoms with E-state index in [9.17, 15) is 0 Å². The minimum Gasteiger partial charge on any atom is -0.305 e. The Morgan fingerprint density at radius 1 is 1.64 bits per heavy atom. The van der Waals surface area contributed by atoms with Gasteiger partial charge < -0.3 is 5.32 Å². The number of hydrogen-bond donors (Lipinski definition) is 1. The number of rotatable bonds is 2. The van der Waals surface area contributed by atoms with Crippen LogP contribution in [0.2, 0.25) is 0 Å². The van der Waals surface area contributed by atoms with E-state index in [4.69, 9.17) is 0 Å². The first-order chi connectivity index (χ1) is 5.45. The molecule has 1 aliphatic heterocycles. The van der Waals surface area contributed by atoms with Gasteiger partial charge in [-0.15, -0.1) is 11.3 Å². The lowest BCUT2D eigenvalue weighted by Crippen LogP contribution is -2.16. The fourth-order valence-corrected chi connectivity index (χ4v) is 3.33. The van der Waals surface area contributed by atoms with Crippen molar-refractivity contribution in [2.24, 2.45) is 0 Å². The van der Waals surface area contributed by atoms with Gasteiger partial charge in [0, 0.05) is 0 Å². The average molecular weight is 185 g/mol. The van der Waals surface area contributed by atoms with Crippen LogP contribution in [0.3, 0.4) is 0 Å². The first-order valence-corrected chi connectivity index (χ1v) is 5.64. The summed E-state index contributed by atoms with van der Waals surface area (Å²) in [5.74, 6) is 0. The highest BCUT2D eigenvalue weighted by molar-refractivity contribution is 8.01. The number of hydrogen-bond acceptors (Lipinski definition) is 3.